The van der Waals surface area contributed by atoms with Crippen LogP contribution in [0.4, 0.5) is 0 Å². The molecule has 0 radical (unpaired) electrons. The van der Waals surface area contributed by atoms with E-state index in [0.29, 0.717) is 19.4 Å². The van der Waals surface area contributed by atoms with Crippen molar-refractivity contribution < 1.29 is 18.3 Å². The van der Waals surface area contributed by atoms with Crippen molar-refractivity contribution in [3.63, 3.8) is 0 Å². The molecule has 0 aliphatic carbocycles. The first-order valence-electron chi connectivity index (χ1n) is 6.62. The molecule has 0 spiro atoms. The Kier molecular flexibility index (Phi) is 5.76. The van der Waals surface area contributed by atoms with Gasteiger partial charge in [0.25, 0.3) is 0 Å². The Morgan fingerprint density at radius 2 is 2.11 bits per heavy atom. The van der Waals surface area contributed by atoms with Crippen LogP contribution in [-0.4, -0.2) is 55.7 Å². The summed E-state index contributed by atoms with van der Waals surface area (Å²) < 4.78 is 24.3. The average molecular weight is 292 g/mol. The number of nitrogens with one attached hydrogen (secondary N) is 1. The van der Waals surface area contributed by atoms with Crippen molar-refractivity contribution in [2.75, 3.05) is 25.9 Å². The second kappa shape index (κ2) is 6.67. The highest BCUT2D eigenvalue weighted by atomic mass is 32.2. The SMILES string of the molecule is CC(C)C(O)CNC(=O)C1CCCN(S(C)(=O)=O)C1. The maximum atomic E-state index is 12.0. The van der Waals surface area contributed by atoms with Crippen molar-refractivity contribution >= 4 is 15.9 Å². The van der Waals surface area contributed by atoms with Gasteiger partial charge in [0.05, 0.1) is 18.3 Å². The molecular formula is C12H24N2O4S. The fourth-order valence-corrected chi connectivity index (χ4v) is 2.95. The Labute approximate surface area is 115 Å². The molecule has 0 aromatic heterocycles. The van der Waals surface area contributed by atoms with Gasteiger partial charge in [-0.25, -0.2) is 12.7 Å². The van der Waals surface area contributed by atoms with Gasteiger partial charge in [0.1, 0.15) is 0 Å². The highest BCUT2D eigenvalue weighted by molar-refractivity contribution is 7.88. The zero-order valence-electron chi connectivity index (χ0n) is 11.8. The molecule has 2 unspecified atom stereocenters. The van der Waals surface area contributed by atoms with E-state index < -0.39 is 16.1 Å². The predicted molar refractivity (Wildman–Crippen MR) is 73.0 cm³/mol. The number of hydrogen-bond acceptors (Lipinski definition) is 4. The molecule has 19 heavy (non-hydrogen) atoms. The van der Waals surface area contributed by atoms with Crippen LogP contribution in [0.15, 0.2) is 0 Å². The maximum Gasteiger partial charge on any atom is 0.224 e. The van der Waals surface area contributed by atoms with E-state index in [9.17, 15) is 18.3 Å². The molecule has 0 bridgehead atoms. The van der Waals surface area contributed by atoms with Crippen LogP contribution in [0.1, 0.15) is 26.7 Å². The van der Waals surface area contributed by atoms with Crippen LogP contribution in [0.2, 0.25) is 0 Å². The third kappa shape index (κ3) is 5.08. The Morgan fingerprint density at radius 3 is 2.63 bits per heavy atom. The number of sulfonamides is 1. The largest absolute Gasteiger partial charge is 0.391 e. The zero-order valence-corrected chi connectivity index (χ0v) is 12.6. The number of piperidine rings is 1. The number of aliphatic hydroxyl groups excluding tert-OH is 1. The molecule has 2 N–H and O–H groups in total. The summed E-state index contributed by atoms with van der Waals surface area (Å²) in [6, 6.07) is 0. The van der Waals surface area contributed by atoms with Crippen LogP contribution in [0.3, 0.4) is 0 Å². The second-order valence-corrected chi connectivity index (χ2v) is 7.50. The highest BCUT2D eigenvalue weighted by Gasteiger charge is 2.30. The number of rotatable bonds is 5. The molecule has 1 fully saturated rings. The molecule has 112 valence electrons. The topological polar surface area (TPSA) is 86.7 Å². The van der Waals surface area contributed by atoms with E-state index in [1.807, 2.05) is 13.8 Å². The van der Waals surface area contributed by atoms with E-state index in [4.69, 9.17) is 0 Å². The molecule has 7 heteroatoms. The molecular weight excluding hydrogens is 268 g/mol. The molecule has 1 aliphatic rings. The molecule has 6 nitrogen and oxygen atoms in total. The Balaban J connectivity index is 2.49. The molecule has 0 aromatic carbocycles. The van der Waals surface area contributed by atoms with E-state index in [2.05, 4.69) is 5.32 Å². The van der Waals surface area contributed by atoms with E-state index in [0.717, 1.165) is 6.26 Å². The third-order valence-electron chi connectivity index (χ3n) is 3.48. The average Bonchev–Trinajstić information content (AvgIpc) is 2.34. The lowest BCUT2D eigenvalue weighted by atomic mass is 9.98. The van der Waals surface area contributed by atoms with E-state index in [-0.39, 0.29) is 30.8 Å². The van der Waals surface area contributed by atoms with E-state index in [1.165, 1.54) is 4.31 Å². The number of nitrogens with zero attached hydrogens (tertiary/aromatic N) is 1. The lowest BCUT2D eigenvalue weighted by Crippen LogP contribution is -2.46. The summed E-state index contributed by atoms with van der Waals surface area (Å²) in [7, 11) is -3.23. The minimum atomic E-state index is -3.23. The van der Waals surface area contributed by atoms with Crippen molar-refractivity contribution in [2.45, 2.75) is 32.8 Å². The Hall–Kier alpha value is -0.660. The number of carbonyl (C=O) groups is 1. The van der Waals surface area contributed by atoms with Gasteiger partial charge in [0, 0.05) is 19.6 Å². The maximum absolute atomic E-state index is 12.0. The molecule has 2 atom stereocenters. The van der Waals surface area contributed by atoms with Crippen molar-refractivity contribution in [2.24, 2.45) is 11.8 Å². The molecule has 1 amide bonds. The van der Waals surface area contributed by atoms with E-state index >= 15 is 0 Å². The number of carbonyl (C=O) groups excluding carboxylic acids is 1. The third-order valence-corrected chi connectivity index (χ3v) is 4.75. The first kappa shape index (κ1) is 16.4. The highest BCUT2D eigenvalue weighted by Crippen LogP contribution is 2.18. The first-order valence-corrected chi connectivity index (χ1v) is 8.47. The fourth-order valence-electron chi connectivity index (χ4n) is 2.04. The molecule has 1 heterocycles. The summed E-state index contributed by atoms with van der Waals surface area (Å²) in [5, 5.41) is 12.3. The monoisotopic (exact) mass is 292 g/mol. The van der Waals surface area contributed by atoms with E-state index in [1.54, 1.807) is 0 Å². The summed E-state index contributed by atoms with van der Waals surface area (Å²) in [4.78, 5) is 12.0. The first-order chi connectivity index (χ1) is 8.71. The molecule has 1 aliphatic heterocycles. The van der Waals surface area contributed by atoms with Gasteiger partial charge in [-0.15, -0.1) is 0 Å². The molecule has 1 rings (SSSR count). The number of hydrogen-bond donors (Lipinski definition) is 2. The van der Waals surface area contributed by atoms with Gasteiger partial charge in [-0.1, -0.05) is 13.8 Å². The summed E-state index contributed by atoms with van der Waals surface area (Å²) in [5.74, 6) is -0.407. The van der Waals surface area contributed by atoms with Gasteiger partial charge in [-0.05, 0) is 18.8 Å². The predicted octanol–water partition coefficient (Wildman–Crippen LogP) is -0.209. The van der Waals surface area contributed by atoms with Gasteiger partial charge in [0.2, 0.25) is 15.9 Å². The van der Waals surface area contributed by atoms with Gasteiger partial charge in [-0.2, -0.15) is 0 Å². The van der Waals surface area contributed by atoms with Crippen LogP contribution in [0, 0.1) is 11.8 Å². The second-order valence-electron chi connectivity index (χ2n) is 5.52. The van der Waals surface area contributed by atoms with Crippen LogP contribution in [0.25, 0.3) is 0 Å². The number of amides is 1. The minimum absolute atomic E-state index is 0.0826. The van der Waals surface area contributed by atoms with Crippen molar-refractivity contribution in [1.82, 2.24) is 9.62 Å². The Morgan fingerprint density at radius 1 is 1.47 bits per heavy atom. The molecule has 0 aromatic rings. The molecule has 0 saturated carbocycles. The van der Waals surface area contributed by atoms with Gasteiger partial charge < -0.3 is 10.4 Å². The van der Waals surface area contributed by atoms with Crippen LogP contribution in [0.5, 0.6) is 0 Å². The van der Waals surface area contributed by atoms with Crippen molar-refractivity contribution in [1.29, 1.82) is 0 Å². The number of aliphatic hydroxyl groups is 1. The standard InChI is InChI=1S/C12H24N2O4S/c1-9(2)11(15)7-13-12(16)10-5-4-6-14(8-10)19(3,17)18/h9-11,15H,4-8H2,1-3H3,(H,13,16). The quantitative estimate of drug-likeness (QED) is 0.734. The van der Waals surface area contributed by atoms with Crippen LogP contribution < -0.4 is 5.32 Å². The van der Waals surface area contributed by atoms with Gasteiger partial charge in [-0.3, -0.25) is 4.79 Å². The van der Waals surface area contributed by atoms with Gasteiger partial charge >= 0.3 is 0 Å². The zero-order chi connectivity index (χ0) is 14.6. The smallest absolute Gasteiger partial charge is 0.224 e. The van der Waals surface area contributed by atoms with Crippen LogP contribution >= 0.6 is 0 Å². The minimum Gasteiger partial charge on any atom is -0.391 e. The van der Waals surface area contributed by atoms with Gasteiger partial charge in [0.15, 0.2) is 0 Å². The molecule has 1 saturated heterocycles. The van der Waals surface area contributed by atoms with Crippen LogP contribution in [-0.2, 0) is 14.8 Å². The normalized spacial score (nSPS) is 23.3. The summed E-state index contributed by atoms with van der Waals surface area (Å²) in [6.07, 6.45) is 1.97. The lowest BCUT2D eigenvalue weighted by Gasteiger charge is -2.30. The Bertz CT molecular complexity index is 408. The van der Waals surface area contributed by atoms with Crippen molar-refractivity contribution in [3.05, 3.63) is 0 Å². The van der Waals surface area contributed by atoms with Crippen molar-refractivity contribution in [3.8, 4) is 0 Å². The summed E-state index contributed by atoms with van der Waals surface area (Å²) in [6.45, 7) is 4.69. The summed E-state index contributed by atoms with van der Waals surface area (Å²) in [5.41, 5.74) is 0. The lowest BCUT2D eigenvalue weighted by molar-refractivity contribution is -0.126. The summed E-state index contributed by atoms with van der Waals surface area (Å²) >= 11 is 0. The fraction of sp³-hybridized carbons (Fsp3) is 0.917.